The maximum atomic E-state index is 12.1. The summed E-state index contributed by atoms with van der Waals surface area (Å²) in [7, 11) is 1.29. The Morgan fingerprint density at radius 2 is 2.00 bits per heavy atom. The van der Waals surface area contributed by atoms with Gasteiger partial charge in [0.25, 0.3) is 0 Å². The van der Waals surface area contributed by atoms with Crippen LogP contribution in [0, 0.1) is 5.92 Å². The van der Waals surface area contributed by atoms with Crippen molar-refractivity contribution >= 4 is 12.1 Å². The lowest BCUT2D eigenvalue weighted by atomic mass is 9.89. The molecule has 1 aliphatic rings. The topological polar surface area (TPSA) is 64.6 Å². The number of methoxy groups -OCH3 is 1. The Morgan fingerprint density at radius 3 is 2.62 bits per heavy atom. The van der Waals surface area contributed by atoms with Crippen molar-refractivity contribution in [2.75, 3.05) is 7.11 Å². The number of nitrogens with one attached hydrogen (secondary N) is 1. The highest BCUT2D eigenvalue weighted by molar-refractivity contribution is 5.77. The van der Waals surface area contributed by atoms with Gasteiger partial charge in [-0.25, -0.2) is 4.79 Å². The number of allylic oxidation sites excluding steroid dienone is 1. The fourth-order valence-corrected chi connectivity index (χ4v) is 2.44. The van der Waals surface area contributed by atoms with Gasteiger partial charge in [0, 0.05) is 17.9 Å². The zero-order valence-corrected chi connectivity index (χ0v) is 13.5. The molecule has 5 heteroatoms. The quantitative estimate of drug-likeness (QED) is 0.642. The molecular formula is C16H27NO4. The van der Waals surface area contributed by atoms with Crippen LogP contribution in [0.4, 0.5) is 4.79 Å². The van der Waals surface area contributed by atoms with E-state index in [-0.39, 0.29) is 17.4 Å². The molecule has 21 heavy (non-hydrogen) atoms. The Kier molecular flexibility index (Phi) is 6.72. The van der Waals surface area contributed by atoms with Gasteiger partial charge in [0.1, 0.15) is 6.10 Å². The zero-order chi connectivity index (χ0) is 15.9. The van der Waals surface area contributed by atoms with E-state index < -0.39 is 12.3 Å². The summed E-state index contributed by atoms with van der Waals surface area (Å²) in [4.78, 5) is 23.5. The average molecular weight is 297 g/mol. The van der Waals surface area contributed by atoms with Gasteiger partial charge in [-0.05, 0) is 46.1 Å². The van der Waals surface area contributed by atoms with E-state index in [1.54, 1.807) is 0 Å². The molecule has 1 amide bonds. The SMILES string of the molecule is COC(=O)OC1/C=C/CCCCC1CC(=O)NC(C)(C)C. The van der Waals surface area contributed by atoms with Crippen molar-refractivity contribution < 1.29 is 19.1 Å². The Morgan fingerprint density at radius 1 is 1.29 bits per heavy atom. The summed E-state index contributed by atoms with van der Waals surface area (Å²) in [5, 5.41) is 2.96. The Hall–Kier alpha value is -1.52. The minimum atomic E-state index is -0.702. The first-order valence-electron chi connectivity index (χ1n) is 7.54. The second kappa shape index (κ2) is 8.05. The van der Waals surface area contributed by atoms with Crippen molar-refractivity contribution in [3.8, 4) is 0 Å². The molecule has 0 heterocycles. The van der Waals surface area contributed by atoms with E-state index in [4.69, 9.17) is 4.74 Å². The highest BCUT2D eigenvalue weighted by atomic mass is 16.7. The molecule has 0 aliphatic heterocycles. The zero-order valence-electron chi connectivity index (χ0n) is 13.5. The molecule has 0 aromatic heterocycles. The summed E-state index contributed by atoms with van der Waals surface area (Å²) in [6.45, 7) is 5.85. The van der Waals surface area contributed by atoms with Gasteiger partial charge >= 0.3 is 6.16 Å². The monoisotopic (exact) mass is 297 g/mol. The van der Waals surface area contributed by atoms with Crippen LogP contribution in [0.1, 0.15) is 52.9 Å². The maximum absolute atomic E-state index is 12.1. The van der Waals surface area contributed by atoms with Crippen LogP contribution >= 0.6 is 0 Å². The lowest BCUT2D eigenvalue weighted by molar-refractivity contribution is -0.124. The molecule has 0 fully saturated rings. The van der Waals surface area contributed by atoms with Crippen molar-refractivity contribution in [3.63, 3.8) is 0 Å². The Bertz CT molecular complexity index is 384. The first-order valence-corrected chi connectivity index (χ1v) is 7.54. The predicted octanol–water partition coefficient (Wildman–Crippen LogP) is 3.19. The number of carbonyl (C=O) groups is 2. The first-order chi connectivity index (χ1) is 9.81. The summed E-state index contributed by atoms with van der Waals surface area (Å²) < 4.78 is 9.86. The standard InChI is InChI=1S/C16H27NO4/c1-16(2,3)17-14(18)11-12-9-7-5-6-8-10-13(12)21-15(19)20-4/h8,10,12-13H,5-7,9,11H2,1-4H3,(H,17,18)/b10-8+. The second-order valence-corrected chi connectivity index (χ2v) is 6.51. The molecule has 1 rings (SSSR count). The highest BCUT2D eigenvalue weighted by Gasteiger charge is 2.27. The van der Waals surface area contributed by atoms with Gasteiger partial charge in [-0.1, -0.05) is 12.5 Å². The summed E-state index contributed by atoms with van der Waals surface area (Å²) in [6, 6.07) is 0. The van der Waals surface area contributed by atoms with Crippen molar-refractivity contribution in [1.29, 1.82) is 0 Å². The van der Waals surface area contributed by atoms with E-state index in [1.165, 1.54) is 7.11 Å². The van der Waals surface area contributed by atoms with Crippen LogP contribution in [0.15, 0.2) is 12.2 Å². The van der Waals surface area contributed by atoms with Gasteiger partial charge < -0.3 is 14.8 Å². The number of ether oxygens (including phenoxy) is 2. The third kappa shape index (κ3) is 7.16. The highest BCUT2D eigenvalue weighted by Crippen LogP contribution is 2.25. The molecular weight excluding hydrogens is 270 g/mol. The molecule has 0 aromatic carbocycles. The third-order valence-corrected chi connectivity index (χ3v) is 3.35. The van der Waals surface area contributed by atoms with Crippen LogP contribution in [0.2, 0.25) is 0 Å². The Labute approximate surface area is 127 Å². The molecule has 0 aromatic rings. The number of rotatable bonds is 3. The van der Waals surface area contributed by atoms with Crippen LogP contribution in [-0.4, -0.2) is 30.8 Å². The molecule has 2 unspecified atom stereocenters. The van der Waals surface area contributed by atoms with Crippen molar-refractivity contribution in [2.45, 2.75) is 64.5 Å². The van der Waals surface area contributed by atoms with Crippen molar-refractivity contribution in [3.05, 3.63) is 12.2 Å². The van der Waals surface area contributed by atoms with E-state index >= 15 is 0 Å². The predicted molar refractivity (Wildman–Crippen MR) is 80.9 cm³/mol. The molecule has 1 aliphatic carbocycles. The lowest BCUT2D eigenvalue weighted by Gasteiger charge is -2.27. The molecule has 1 N–H and O–H groups in total. The Balaban J connectivity index is 2.71. The van der Waals surface area contributed by atoms with Gasteiger partial charge in [0.15, 0.2) is 0 Å². The van der Waals surface area contributed by atoms with Gasteiger partial charge in [0.05, 0.1) is 7.11 Å². The molecule has 0 saturated heterocycles. The summed E-state index contributed by atoms with van der Waals surface area (Å²) in [6.07, 6.45) is 7.11. The van der Waals surface area contributed by atoms with Crippen LogP contribution in [0.3, 0.4) is 0 Å². The summed E-state index contributed by atoms with van der Waals surface area (Å²) in [5.74, 6) is -0.0251. The molecule has 2 atom stereocenters. The fraction of sp³-hybridized carbons (Fsp3) is 0.750. The fourth-order valence-electron chi connectivity index (χ4n) is 2.44. The summed E-state index contributed by atoms with van der Waals surface area (Å²) >= 11 is 0. The molecule has 0 bridgehead atoms. The van der Waals surface area contributed by atoms with E-state index in [1.807, 2.05) is 32.9 Å². The van der Waals surface area contributed by atoms with Crippen LogP contribution in [-0.2, 0) is 14.3 Å². The van der Waals surface area contributed by atoms with Gasteiger partial charge in [-0.15, -0.1) is 0 Å². The van der Waals surface area contributed by atoms with E-state index in [0.29, 0.717) is 6.42 Å². The molecule has 0 saturated carbocycles. The second-order valence-electron chi connectivity index (χ2n) is 6.51. The van der Waals surface area contributed by atoms with E-state index in [2.05, 4.69) is 10.1 Å². The first kappa shape index (κ1) is 17.5. The minimum absolute atomic E-state index is 0.0111. The largest absolute Gasteiger partial charge is 0.508 e. The van der Waals surface area contributed by atoms with Crippen molar-refractivity contribution in [2.24, 2.45) is 5.92 Å². The normalized spacial score (nSPS) is 24.4. The van der Waals surface area contributed by atoms with Gasteiger partial charge in [-0.2, -0.15) is 0 Å². The average Bonchev–Trinajstić information content (AvgIpc) is 2.34. The maximum Gasteiger partial charge on any atom is 0.508 e. The molecule has 0 spiro atoms. The van der Waals surface area contributed by atoms with Crippen LogP contribution < -0.4 is 5.32 Å². The lowest BCUT2D eigenvalue weighted by Crippen LogP contribution is -2.42. The smallest absolute Gasteiger partial charge is 0.438 e. The third-order valence-electron chi connectivity index (χ3n) is 3.35. The van der Waals surface area contributed by atoms with Crippen LogP contribution in [0.25, 0.3) is 0 Å². The van der Waals surface area contributed by atoms with E-state index in [9.17, 15) is 9.59 Å². The van der Waals surface area contributed by atoms with Crippen LogP contribution in [0.5, 0.6) is 0 Å². The number of hydrogen-bond donors (Lipinski definition) is 1. The molecule has 120 valence electrons. The van der Waals surface area contributed by atoms with Gasteiger partial charge in [0.2, 0.25) is 5.91 Å². The number of hydrogen-bond acceptors (Lipinski definition) is 4. The van der Waals surface area contributed by atoms with Gasteiger partial charge in [-0.3, -0.25) is 4.79 Å². The summed E-state index contributed by atoms with van der Waals surface area (Å²) in [5.41, 5.74) is -0.257. The molecule has 0 radical (unpaired) electrons. The number of carbonyl (C=O) groups excluding carboxylic acids is 2. The van der Waals surface area contributed by atoms with Crippen molar-refractivity contribution in [1.82, 2.24) is 5.32 Å². The molecule has 5 nitrogen and oxygen atoms in total. The van der Waals surface area contributed by atoms with E-state index in [0.717, 1.165) is 25.7 Å². The minimum Gasteiger partial charge on any atom is -0.438 e. The number of amides is 1.